The number of fused-ring (bicyclic) bond motifs is 1. The highest BCUT2D eigenvalue weighted by Gasteiger charge is 2.01. The first-order chi connectivity index (χ1) is 6.31. The molecule has 13 heavy (non-hydrogen) atoms. The highest BCUT2D eigenvalue weighted by molar-refractivity contribution is 5.55. The molecule has 0 spiro atoms. The molecule has 0 aliphatic heterocycles. The number of nitrogens with zero attached hydrogens (tertiary/aromatic N) is 2. The van der Waals surface area contributed by atoms with Crippen LogP contribution in [0.3, 0.4) is 0 Å². The van der Waals surface area contributed by atoms with Crippen LogP contribution in [0.1, 0.15) is 11.4 Å². The fraction of sp³-hybridized carbons (Fsp3) is 0.200. The smallest absolute Gasteiger partial charge is 0.127 e. The summed E-state index contributed by atoms with van der Waals surface area (Å²) in [7, 11) is 0. The summed E-state index contributed by atoms with van der Waals surface area (Å²) in [5, 5.41) is 0. The standard InChI is InChI=1S/C10H10N2O/c1-8-2-3-9-6-11-10(4-5-13)12(9)7-8/h2-3,5-7H,4H2,1H3. The second-order valence-electron chi connectivity index (χ2n) is 3.05. The lowest BCUT2D eigenvalue weighted by atomic mass is 10.3. The molecule has 0 saturated carbocycles. The Hall–Kier alpha value is -1.64. The molecular formula is C10H10N2O. The maximum absolute atomic E-state index is 10.3. The van der Waals surface area contributed by atoms with Gasteiger partial charge in [0.05, 0.1) is 18.1 Å². The molecule has 2 aromatic rings. The molecule has 3 nitrogen and oxygen atoms in total. The summed E-state index contributed by atoms with van der Waals surface area (Å²) >= 11 is 0. The maximum Gasteiger partial charge on any atom is 0.127 e. The lowest BCUT2D eigenvalue weighted by Gasteiger charge is -1.98. The van der Waals surface area contributed by atoms with E-state index >= 15 is 0 Å². The van der Waals surface area contributed by atoms with Crippen molar-refractivity contribution in [2.24, 2.45) is 0 Å². The summed E-state index contributed by atoms with van der Waals surface area (Å²) in [6, 6.07) is 4.03. The van der Waals surface area contributed by atoms with E-state index in [4.69, 9.17) is 0 Å². The fourth-order valence-corrected chi connectivity index (χ4v) is 1.38. The second-order valence-corrected chi connectivity index (χ2v) is 3.05. The third kappa shape index (κ3) is 1.33. The van der Waals surface area contributed by atoms with Gasteiger partial charge in [-0.3, -0.25) is 0 Å². The quantitative estimate of drug-likeness (QED) is 0.645. The predicted octanol–water partition coefficient (Wildman–Crippen LogP) is 1.38. The summed E-state index contributed by atoms with van der Waals surface area (Å²) in [6.45, 7) is 2.02. The van der Waals surface area contributed by atoms with Crippen molar-refractivity contribution in [1.82, 2.24) is 9.38 Å². The molecule has 0 unspecified atom stereocenters. The molecule has 0 bridgehead atoms. The predicted molar refractivity (Wildman–Crippen MR) is 49.7 cm³/mol. The highest BCUT2D eigenvalue weighted by Crippen LogP contribution is 2.08. The van der Waals surface area contributed by atoms with Crippen molar-refractivity contribution in [3.63, 3.8) is 0 Å². The lowest BCUT2D eigenvalue weighted by molar-refractivity contribution is -0.107. The maximum atomic E-state index is 10.3. The largest absolute Gasteiger partial charge is 0.303 e. The number of rotatable bonds is 2. The van der Waals surface area contributed by atoms with Gasteiger partial charge in [-0.25, -0.2) is 4.98 Å². The van der Waals surface area contributed by atoms with Crippen LogP contribution in [-0.2, 0) is 11.2 Å². The zero-order valence-corrected chi connectivity index (χ0v) is 7.40. The Labute approximate surface area is 76.0 Å². The van der Waals surface area contributed by atoms with Gasteiger partial charge in [0.25, 0.3) is 0 Å². The Balaban J connectivity index is 2.64. The number of carbonyl (C=O) groups is 1. The molecule has 0 fully saturated rings. The summed E-state index contributed by atoms with van der Waals surface area (Å²) in [5.41, 5.74) is 2.19. The number of carbonyl (C=O) groups excluding carboxylic acids is 1. The molecular weight excluding hydrogens is 164 g/mol. The Morgan fingerprint density at radius 2 is 2.38 bits per heavy atom. The van der Waals surface area contributed by atoms with Gasteiger partial charge in [-0.05, 0) is 18.6 Å². The number of hydrogen-bond donors (Lipinski definition) is 0. The minimum Gasteiger partial charge on any atom is -0.303 e. The zero-order valence-electron chi connectivity index (χ0n) is 7.40. The number of aromatic nitrogens is 2. The number of imidazole rings is 1. The van der Waals surface area contributed by atoms with Crippen molar-refractivity contribution < 1.29 is 4.79 Å². The monoisotopic (exact) mass is 174 g/mol. The van der Waals surface area contributed by atoms with E-state index in [1.165, 1.54) is 0 Å². The number of aldehydes is 1. The second kappa shape index (κ2) is 3.01. The van der Waals surface area contributed by atoms with Crippen molar-refractivity contribution in [2.75, 3.05) is 0 Å². The number of aryl methyl sites for hydroxylation is 1. The van der Waals surface area contributed by atoms with E-state index < -0.39 is 0 Å². The topological polar surface area (TPSA) is 34.4 Å². The Morgan fingerprint density at radius 1 is 1.54 bits per heavy atom. The number of hydrogen-bond acceptors (Lipinski definition) is 2. The van der Waals surface area contributed by atoms with E-state index in [0.29, 0.717) is 6.42 Å². The van der Waals surface area contributed by atoms with Gasteiger partial charge in [0.2, 0.25) is 0 Å². The van der Waals surface area contributed by atoms with Crippen LogP contribution in [0.5, 0.6) is 0 Å². The Kier molecular flexibility index (Phi) is 1.85. The van der Waals surface area contributed by atoms with Crippen molar-refractivity contribution in [3.05, 3.63) is 35.9 Å². The van der Waals surface area contributed by atoms with Crippen LogP contribution in [0.25, 0.3) is 5.52 Å². The molecule has 0 saturated heterocycles. The van der Waals surface area contributed by atoms with Crippen molar-refractivity contribution in [1.29, 1.82) is 0 Å². The van der Waals surface area contributed by atoms with Crippen molar-refractivity contribution in [3.8, 4) is 0 Å². The van der Waals surface area contributed by atoms with Gasteiger partial charge < -0.3 is 9.20 Å². The molecule has 0 aliphatic rings. The summed E-state index contributed by atoms with van der Waals surface area (Å²) in [4.78, 5) is 14.5. The molecule has 2 rings (SSSR count). The average molecular weight is 174 g/mol. The van der Waals surface area contributed by atoms with Crippen molar-refractivity contribution >= 4 is 11.8 Å². The van der Waals surface area contributed by atoms with E-state index in [1.807, 2.05) is 29.7 Å². The van der Waals surface area contributed by atoms with E-state index in [-0.39, 0.29) is 0 Å². The first-order valence-corrected chi connectivity index (χ1v) is 4.17. The molecule has 0 amide bonds. The first-order valence-electron chi connectivity index (χ1n) is 4.17. The molecule has 0 atom stereocenters. The van der Waals surface area contributed by atoms with Gasteiger partial charge in [-0.15, -0.1) is 0 Å². The van der Waals surface area contributed by atoms with Crippen LogP contribution < -0.4 is 0 Å². The van der Waals surface area contributed by atoms with E-state index in [2.05, 4.69) is 4.98 Å². The van der Waals surface area contributed by atoms with Crippen LogP contribution in [-0.4, -0.2) is 15.7 Å². The molecule has 2 heterocycles. The first kappa shape index (κ1) is 7.98. The minimum atomic E-state index is 0.373. The third-order valence-corrected chi connectivity index (χ3v) is 2.02. The van der Waals surface area contributed by atoms with Gasteiger partial charge >= 0.3 is 0 Å². The zero-order chi connectivity index (χ0) is 9.26. The molecule has 0 aliphatic carbocycles. The molecule has 66 valence electrons. The molecule has 2 aromatic heterocycles. The van der Waals surface area contributed by atoms with E-state index in [0.717, 1.165) is 23.2 Å². The van der Waals surface area contributed by atoms with E-state index in [1.54, 1.807) is 6.20 Å². The summed E-state index contributed by atoms with van der Waals surface area (Å²) in [6.07, 6.45) is 5.01. The van der Waals surface area contributed by atoms with Crippen LogP contribution in [0.2, 0.25) is 0 Å². The fourth-order valence-electron chi connectivity index (χ4n) is 1.38. The third-order valence-electron chi connectivity index (χ3n) is 2.02. The average Bonchev–Trinajstić information content (AvgIpc) is 2.49. The van der Waals surface area contributed by atoms with Crippen molar-refractivity contribution in [2.45, 2.75) is 13.3 Å². The lowest BCUT2D eigenvalue weighted by Crippen LogP contribution is -1.95. The normalized spacial score (nSPS) is 10.5. The summed E-state index contributed by atoms with van der Waals surface area (Å²) < 4.78 is 1.95. The van der Waals surface area contributed by atoms with Gasteiger partial charge in [0.1, 0.15) is 12.1 Å². The molecule has 0 radical (unpaired) electrons. The Bertz CT molecular complexity index is 445. The molecule has 0 N–H and O–H groups in total. The van der Waals surface area contributed by atoms with Crippen LogP contribution in [0, 0.1) is 6.92 Å². The van der Waals surface area contributed by atoms with Gasteiger partial charge in [-0.1, -0.05) is 6.07 Å². The van der Waals surface area contributed by atoms with Gasteiger partial charge in [-0.2, -0.15) is 0 Å². The van der Waals surface area contributed by atoms with Crippen LogP contribution >= 0.6 is 0 Å². The summed E-state index contributed by atoms with van der Waals surface area (Å²) in [5.74, 6) is 0.800. The highest BCUT2D eigenvalue weighted by atomic mass is 16.1. The molecule has 3 heteroatoms. The molecule has 0 aromatic carbocycles. The van der Waals surface area contributed by atoms with Crippen LogP contribution in [0.15, 0.2) is 24.5 Å². The SMILES string of the molecule is Cc1ccc2cnc(CC=O)n2c1. The number of pyridine rings is 1. The van der Waals surface area contributed by atoms with E-state index in [9.17, 15) is 4.79 Å². The van der Waals surface area contributed by atoms with Crippen LogP contribution in [0.4, 0.5) is 0 Å². The minimum absolute atomic E-state index is 0.373. The Morgan fingerprint density at radius 3 is 3.15 bits per heavy atom. The van der Waals surface area contributed by atoms with Gasteiger partial charge in [0.15, 0.2) is 0 Å². The van der Waals surface area contributed by atoms with Gasteiger partial charge in [0, 0.05) is 6.20 Å².